The number of carboxylic acid groups (broad SMARTS) is 1. The number of aromatic carboxylic acids is 1. The van der Waals surface area contributed by atoms with Crippen molar-refractivity contribution < 1.29 is 19.4 Å². The Morgan fingerprint density at radius 3 is 2.50 bits per heavy atom. The summed E-state index contributed by atoms with van der Waals surface area (Å²) in [5.41, 5.74) is 2.24. The van der Waals surface area contributed by atoms with Crippen molar-refractivity contribution in [3.8, 4) is 22.8 Å². The molecule has 106 valence electrons. The molecule has 0 saturated heterocycles. The van der Waals surface area contributed by atoms with E-state index in [-0.39, 0.29) is 5.69 Å². The Balaban J connectivity index is 2.61. The maximum Gasteiger partial charge on any atom is 0.354 e. The Labute approximate surface area is 116 Å². The highest BCUT2D eigenvalue weighted by atomic mass is 16.5. The summed E-state index contributed by atoms with van der Waals surface area (Å²) < 4.78 is 12.0. The number of ether oxygens (including phenoxy) is 2. The maximum absolute atomic E-state index is 11.1. The van der Waals surface area contributed by atoms with Gasteiger partial charge in [0.15, 0.2) is 0 Å². The van der Waals surface area contributed by atoms with Gasteiger partial charge in [-0.2, -0.15) is 5.10 Å². The molecule has 1 aromatic heterocycles. The Morgan fingerprint density at radius 1 is 1.30 bits per heavy atom. The van der Waals surface area contributed by atoms with Crippen LogP contribution in [0.2, 0.25) is 0 Å². The third-order valence-corrected chi connectivity index (χ3v) is 3.16. The first-order valence-electron chi connectivity index (χ1n) is 5.98. The molecule has 6 heteroatoms. The first kappa shape index (κ1) is 13.9. The van der Waals surface area contributed by atoms with Gasteiger partial charge in [0.05, 0.1) is 19.9 Å². The van der Waals surface area contributed by atoms with E-state index in [9.17, 15) is 4.79 Å². The third kappa shape index (κ3) is 2.20. The first-order chi connectivity index (χ1) is 9.49. The zero-order chi connectivity index (χ0) is 14.9. The van der Waals surface area contributed by atoms with E-state index in [1.54, 1.807) is 27.3 Å². The predicted octanol–water partition coefficient (Wildman–Crippen LogP) is 2.11. The minimum absolute atomic E-state index is 0.121. The van der Waals surface area contributed by atoms with E-state index >= 15 is 0 Å². The van der Waals surface area contributed by atoms with Gasteiger partial charge in [-0.3, -0.25) is 4.68 Å². The van der Waals surface area contributed by atoms with E-state index in [0.29, 0.717) is 17.2 Å². The van der Waals surface area contributed by atoms with Crippen LogP contribution in [-0.4, -0.2) is 35.1 Å². The maximum atomic E-state index is 11.1. The smallest absolute Gasteiger partial charge is 0.354 e. The average molecular weight is 276 g/mol. The second-order valence-corrected chi connectivity index (χ2v) is 4.32. The van der Waals surface area contributed by atoms with Gasteiger partial charge in [0, 0.05) is 18.2 Å². The Kier molecular flexibility index (Phi) is 3.65. The van der Waals surface area contributed by atoms with Crippen molar-refractivity contribution in [2.24, 2.45) is 7.05 Å². The fraction of sp³-hybridized carbons (Fsp3) is 0.286. The first-order valence-corrected chi connectivity index (χ1v) is 5.98. The summed E-state index contributed by atoms with van der Waals surface area (Å²) in [6.45, 7) is 1.88. The molecule has 0 atom stereocenters. The minimum atomic E-state index is -1.02. The molecule has 0 aliphatic carbocycles. The fourth-order valence-electron chi connectivity index (χ4n) is 2.16. The fourth-order valence-corrected chi connectivity index (χ4v) is 2.16. The molecule has 6 nitrogen and oxygen atoms in total. The van der Waals surface area contributed by atoms with Gasteiger partial charge in [0.1, 0.15) is 17.2 Å². The molecule has 0 bridgehead atoms. The zero-order valence-electron chi connectivity index (χ0n) is 11.8. The topological polar surface area (TPSA) is 73.6 Å². The Morgan fingerprint density at radius 2 is 2.00 bits per heavy atom. The van der Waals surface area contributed by atoms with Gasteiger partial charge in [-0.1, -0.05) is 0 Å². The van der Waals surface area contributed by atoms with Gasteiger partial charge in [0.2, 0.25) is 0 Å². The average Bonchev–Trinajstić information content (AvgIpc) is 2.80. The van der Waals surface area contributed by atoms with E-state index in [0.717, 1.165) is 11.1 Å². The number of hydrogen-bond acceptors (Lipinski definition) is 4. The number of aryl methyl sites for hydroxylation is 1. The lowest BCUT2D eigenvalue weighted by molar-refractivity contribution is 0.0685. The van der Waals surface area contributed by atoms with Gasteiger partial charge in [-0.15, -0.1) is 0 Å². The molecule has 0 saturated carbocycles. The molecule has 0 spiro atoms. The van der Waals surface area contributed by atoms with E-state index in [1.807, 2.05) is 13.0 Å². The molecular formula is C14H16N2O4. The quantitative estimate of drug-likeness (QED) is 0.925. The highest BCUT2D eigenvalue weighted by molar-refractivity contribution is 5.87. The van der Waals surface area contributed by atoms with Gasteiger partial charge >= 0.3 is 5.97 Å². The number of methoxy groups -OCH3 is 2. The van der Waals surface area contributed by atoms with Crippen molar-refractivity contribution >= 4 is 5.97 Å². The monoisotopic (exact) mass is 276 g/mol. The second-order valence-electron chi connectivity index (χ2n) is 4.32. The molecule has 1 heterocycles. The van der Waals surface area contributed by atoms with Gasteiger partial charge in [-0.05, 0) is 25.1 Å². The Hall–Kier alpha value is -2.50. The molecule has 0 radical (unpaired) electrons. The summed E-state index contributed by atoms with van der Waals surface area (Å²) in [4.78, 5) is 11.1. The van der Waals surface area contributed by atoms with Crippen LogP contribution < -0.4 is 9.47 Å². The van der Waals surface area contributed by atoms with Crippen LogP contribution in [0.5, 0.6) is 11.5 Å². The zero-order valence-corrected chi connectivity index (χ0v) is 11.8. The second kappa shape index (κ2) is 5.24. The van der Waals surface area contributed by atoms with Crippen molar-refractivity contribution in [3.63, 3.8) is 0 Å². The summed E-state index contributed by atoms with van der Waals surface area (Å²) in [5.74, 6) is 0.315. The normalized spacial score (nSPS) is 10.4. The molecule has 1 N–H and O–H groups in total. The number of hydrogen-bond donors (Lipinski definition) is 1. The van der Waals surface area contributed by atoms with E-state index in [4.69, 9.17) is 14.6 Å². The highest BCUT2D eigenvalue weighted by Crippen LogP contribution is 2.37. The molecule has 0 aliphatic heterocycles. The number of rotatable bonds is 4. The summed E-state index contributed by atoms with van der Waals surface area (Å²) in [5, 5.41) is 13.3. The standard InChI is InChI=1S/C14H16N2O4/c1-8-12(19-3)6-5-9(13(8)20-4)10-7-11(14(17)18)16(2)15-10/h5-7H,1-4H3,(H,17,18). The van der Waals surface area contributed by atoms with Crippen LogP contribution in [0.15, 0.2) is 18.2 Å². The lowest BCUT2D eigenvalue weighted by atomic mass is 10.1. The van der Waals surface area contributed by atoms with Gasteiger partial charge < -0.3 is 14.6 Å². The van der Waals surface area contributed by atoms with E-state index in [1.165, 1.54) is 10.7 Å². The van der Waals surface area contributed by atoms with Crippen molar-refractivity contribution in [2.75, 3.05) is 14.2 Å². The van der Waals surface area contributed by atoms with Gasteiger partial charge in [-0.25, -0.2) is 4.79 Å². The number of carboxylic acids is 1. The third-order valence-electron chi connectivity index (χ3n) is 3.16. The van der Waals surface area contributed by atoms with Crippen LogP contribution in [0.3, 0.4) is 0 Å². The number of nitrogens with zero attached hydrogens (tertiary/aromatic N) is 2. The van der Waals surface area contributed by atoms with E-state index < -0.39 is 5.97 Å². The van der Waals surface area contributed by atoms with Crippen LogP contribution in [-0.2, 0) is 7.05 Å². The summed E-state index contributed by atoms with van der Waals surface area (Å²) in [7, 11) is 4.74. The van der Waals surface area contributed by atoms with Crippen molar-refractivity contribution in [2.45, 2.75) is 6.92 Å². The van der Waals surface area contributed by atoms with Crippen LogP contribution in [0.1, 0.15) is 16.1 Å². The molecule has 0 fully saturated rings. The summed E-state index contributed by atoms with van der Waals surface area (Å²) >= 11 is 0. The number of carbonyl (C=O) groups is 1. The minimum Gasteiger partial charge on any atom is -0.496 e. The largest absolute Gasteiger partial charge is 0.496 e. The predicted molar refractivity (Wildman–Crippen MR) is 73.4 cm³/mol. The van der Waals surface area contributed by atoms with Crippen LogP contribution in [0.25, 0.3) is 11.3 Å². The van der Waals surface area contributed by atoms with E-state index in [2.05, 4.69) is 5.10 Å². The summed E-state index contributed by atoms with van der Waals surface area (Å²) in [6.07, 6.45) is 0. The molecule has 0 unspecified atom stereocenters. The van der Waals surface area contributed by atoms with Crippen LogP contribution in [0, 0.1) is 6.92 Å². The number of aromatic nitrogens is 2. The van der Waals surface area contributed by atoms with Crippen LogP contribution >= 0.6 is 0 Å². The molecule has 2 aromatic rings. The Bertz CT molecular complexity index is 661. The molecule has 0 aliphatic rings. The molecule has 2 rings (SSSR count). The van der Waals surface area contributed by atoms with Crippen LogP contribution in [0.4, 0.5) is 0 Å². The van der Waals surface area contributed by atoms with Crippen molar-refractivity contribution in [1.82, 2.24) is 9.78 Å². The SMILES string of the molecule is COc1ccc(-c2cc(C(=O)O)n(C)n2)c(OC)c1C. The summed E-state index contributed by atoms with van der Waals surface area (Å²) in [6, 6.07) is 5.13. The lowest BCUT2D eigenvalue weighted by Gasteiger charge is -2.13. The lowest BCUT2D eigenvalue weighted by Crippen LogP contribution is -2.04. The molecular weight excluding hydrogens is 260 g/mol. The number of benzene rings is 1. The van der Waals surface area contributed by atoms with Crippen molar-refractivity contribution in [1.29, 1.82) is 0 Å². The molecule has 20 heavy (non-hydrogen) atoms. The molecule has 0 amide bonds. The van der Waals surface area contributed by atoms with Crippen molar-refractivity contribution in [3.05, 3.63) is 29.5 Å². The molecule has 1 aromatic carbocycles. The van der Waals surface area contributed by atoms with Gasteiger partial charge in [0.25, 0.3) is 0 Å². The highest BCUT2D eigenvalue weighted by Gasteiger charge is 2.18.